The maximum Gasteiger partial charge on any atom is 0.119 e. The van der Waals surface area contributed by atoms with Gasteiger partial charge in [-0.25, -0.2) is 0 Å². The van der Waals surface area contributed by atoms with E-state index in [1.807, 2.05) is 85.8 Å². The zero-order valence-corrected chi connectivity index (χ0v) is 17.3. The van der Waals surface area contributed by atoms with Crippen LogP contribution in [0.15, 0.2) is 78.9 Å². The lowest BCUT2D eigenvalue weighted by Crippen LogP contribution is -2.31. The van der Waals surface area contributed by atoms with Crippen molar-refractivity contribution in [2.75, 3.05) is 0 Å². The zero-order valence-electron chi connectivity index (χ0n) is 15.7. The summed E-state index contributed by atoms with van der Waals surface area (Å²) in [6.45, 7) is 3.18. The van der Waals surface area contributed by atoms with Gasteiger partial charge in [0, 0.05) is 17.6 Å². The van der Waals surface area contributed by atoms with Crippen LogP contribution in [-0.2, 0) is 13.2 Å². The molecule has 3 rings (SSSR count). The van der Waals surface area contributed by atoms with E-state index in [2.05, 4.69) is 5.32 Å². The third-order valence-corrected chi connectivity index (χ3v) is 4.74. The molecule has 3 aromatic carbocycles. The maximum absolute atomic E-state index is 10.4. The van der Waals surface area contributed by atoms with E-state index in [1.54, 1.807) is 0 Å². The Morgan fingerprint density at radius 1 is 0.893 bits per heavy atom. The molecule has 0 heterocycles. The first-order chi connectivity index (χ1) is 13.1. The average Bonchev–Trinajstić information content (AvgIpc) is 2.72. The summed E-state index contributed by atoms with van der Waals surface area (Å²) < 4.78 is 5.81. The fraction of sp³-hybridized carbons (Fsp3) is 0.217. The lowest BCUT2D eigenvalue weighted by Gasteiger charge is -2.20. The molecule has 0 spiro atoms. The molecule has 0 fully saturated rings. The summed E-state index contributed by atoms with van der Waals surface area (Å²) in [7, 11) is 0. The highest BCUT2D eigenvalue weighted by atomic mass is 35.5. The Labute approximate surface area is 177 Å². The summed E-state index contributed by atoms with van der Waals surface area (Å²) in [5, 5.41) is 14.5. The number of nitrogens with one attached hydrogen (secondary N) is 1. The van der Waals surface area contributed by atoms with Crippen LogP contribution in [0.25, 0.3) is 0 Å². The van der Waals surface area contributed by atoms with Crippen molar-refractivity contribution in [3.8, 4) is 5.75 Å². The zero-order chi connectivity index (χ0) is 19.1. The number of halogens is 2. The van der Waals surface area contributed by atoms with E-state index in [0.717, 1.165) is 27.5 Å². The minimum absolute atomic E-state index is 0. The Balaban J connectivity index is 0.00000280. The van der Waals surface area contributed by atoms with E-state index in [1.165, 1.54) is 0 Å². The van der Waals surface area contributed by atoms with Crippen LogP contribution in [0.1, 0.15) is 29.7 Å². The van der Waals surface area contributed by atoms with Gasteiger partial charge in [0.2, 0.25) is 0 Å². The molecule has 2 unspecified atom stereocenters. The highest BCUT2D eigenvalue weighted by Gasteiger charge is 2.15. The Hall–Kier alpha value is -2.04. The van der Waals surface area contributed by atoms with Gasteiger partial charge in [0.1, 0.15) is 12.4 Å². The first-order valence-electron chi connectivity index (χ1n) is 9.04. The third kappa shape index (κ3) is 6.54. The first kappa shape index (κ1) is 22.3. The number of aliphatic hydroxyl groups excluding tert-OH is 1. The molecule has 0 radical (unpaired) electrons. The maximum atomic E-state index is 10.4. The number of hydrogen-bond acceptors (Lipinski definition) is 3. The molecule has 0 saturated carbocycles. The van der Waals surface area contributed by atoms with Crippen LogP contribution in [0.5, 0.6) is 5.75 Å². The smallest absolute Gasteiger partial charge is 0.119 e. The first-order valence-corrected chi connectivity index (χ1v) is 9.42. The number of hydrogen-bond donors (Lipinski definition) is 2. The molecule has 0 saturated heterocycles. The van der Waals surface area contributed by atoms with Gasteiger partial charge in [0.25, 0.3) is 0 Å². The van der Waals surface area contributed by atoms with E-state index in [0.29, 0.717) is 13.2 Å². The highest BCUT2D eigenvalue weighted by Crippen LogP contribution is 2.18. The van der Waals surface area contributed by atoms with Crippen molar-refractivity contribution in [1.29, 1.82) is 0 Å². The normalized spacial score (nSPS) is 12.7. The molecule has 0 amide bonds. The fourth-order valence-electron chi connectivity index (χ4n) is 2.78. The van der Waals surface area contributed by atoms with Gasteiger partial charge in [0.15, 0.2) is 0 Å². The molecule has 28 heavy (non-hydrogen) atoms. The van der Waals surface area contributed by atoms with Crippen LogP contribution < -0.4 is 10.1 Å². The van der Waals surface area contributed by atoms with Gasteiger partial charge >= 0.3 is 0 Å². The SMILES string of the molecule is CC(NCc1ccc(OCc2ccc(Cl)cc2)cc1)C(O)c1ccccc1.Cl. The van der Waals surface area contributed by atoms with Gasteiger partial charge < -0.3 is 15.2 Å². The molecule has 3 aromatic rings. The number of benzene rings is 3. The second kappa shape index (κ2) is 11.1. The molecule has 0 aliphatic carbocycles. The van der Waals surface area contributed by atoms with Crippen molar-refractivity contribution in [2.45, 2.75) is 32.2 Å². The van der Waals surface area contributed by atoms with Gasteiger partial charge in [-0.05, 0) is 47.9 Å². The summed E-state index contributed by atoms with van der Waals surface area (Å²) in [6.07, 6.45) is -0.534. The molecule has 148 valence electrons. The summed E-state index contributed by atoms with van der Waals surface area (Å²) in [5.74, 6) is 0.825. The molecule has 0 bridgehead atoms. The van der Waals surface area contributed by atoms with E-state index in [4.69, 9.17) is 16.3 Å². The van der Waals surface area contributed by atoms with Crippen LogP contribution in [0.2, 0.25) is 5.02 Å². The van der Waals surface area contributed by atoms with Crippen LogP contribution in [0, 0.1) is 0 Å². The second-order valence-corrected chi connectivity index (χ2v) is 7.02. The fourth-order valence-corrected chi connectivity index (χ4v) is 2.91. The molecular weight excluding hydrogens is 393 g/mol. The van der Waals surface area contributed by atoms with Gasteiger partial charge in [-0.15, -0.1) is 12.4 Å². The van der Waals surface area contributed by atoms with Crippen LogP contribution in [0.4, 0.5) is 0 Å². The Morgan fingerprint density at radius 2 is 1.50 bits per heavy atom. The van der Waals surface area contributed by atoms with Crippen LogP contribution in [-0.4, -0.2) is 11.1 Å². The predicted molar refractivity (Wildman–Crippen MR) is 117 cm³/mol. The van der Waals surface area contributed by atoms with Crippen molar-refractivity contribution in [2.24, 2.45) is 0 Å². The van der Waals surface area contributed by atoms with Crippen LogP contribution in [0.3, 0.4) is 0 Å². The number of aliphatic hydroxyl groups is 1. The summed E-state index contributed by atoms with van der Waals surface area (Å²) in [5.41, 5.74) is 3.14. The van der Waals surface area contributed by atoms with E-state index in [-0.39, 0.29) is 18.4 Å². The Morgan fingerprint density at radius 3 is 2.14 bits per heavy atom. The van der Waals surface area contributed by atoms with Crippen molar-refractivity contribution in [3.05, 3.63) is 101 Å². The summed E-state index contributed by atoms with van der Waals surface area (Å²) in [6, 6.07) is 25.3. The monoisotopic (exact) mass is 417 g/mol. The lowest BCUT2D eigenvalue weighted by molar-refractivity contribution is 0.135. The second-order valence-electron chi connectivity index (χ2n) is 6.58. The van der Waals surface area contributed by atoms with E-state index >= 15 is 0 Å². The van der Waals surface area contributed by atoms with Gasteiger partial charge in [-0.3, -0.25) is 0 Å². The van der Waals surface area contributed by atoms with Gasteiger partial charge in [-0.1, -0.05) is 66.2 Å². The standard InChI is InChI=1S/C23H24ClNO2.ClH/c1-17(23(26)20-5-3-2-4-6-20)25-15-18-9-13-22(14-10-18)27-16-19-7-11-21(24)12-8-19;/h2-14,17,23,25-26H,15-16H2,1H3;1H. The minimum atomic E-state index is -0.534. The highest BCUT2D eigenvalue weighted by molar-refractivity contribution is 6.30. The quantitative estimate of drug-likeness (QED) is 0.504. The minimum Gasteiger partial charge on any atom is -0.489 e. The van der Waals surface area contributed by atoms with E-state index in [9.17, 15) is 5.11 Å². The molecule has 2 atom stereocenters. The van der Waals surface area contributed by atoms with Crippen molar-refractivity contribution >= 4 is 24.0 Å². The van der Waals surface area contributed by atoms with Gasteiger partial charge in [-0.2, -0.15) is 0 Å². The third-order valence-electron chi connectivity index (χ3n) is 4.48. The molecule has 0 aromatic heterocycles. The average molecular weight is 418 g/mol. The predicted octanol–water partition coefficient (Wildman–Crippen LogP) is 5.55. The molecule has 0 aliphatic rings. The van der Waals surface area contributed by atoms with Crippen LogP contribution >= 0.6 is 24.0 Å². The lowest BCUT2D eigenvalue weighted by atomic mass is 10.0. The van der Waals surface area contributed by atoms with E-state index < -0.39 is 6.10 Å². The molecule has 3 nitrogen and oxygen atoms in total. The summed E-state index contributed by atoms with van der Waals surface area (Å²) in [4.78, 5) is 0. The number of rotatable bonds is 8. The molecule has 5 heteroatoms. The molecule has 2 N–H and O–H groups in total. The van der Waals surface area contributed by atoms with Gasteiger partial charge in [0.05, 0.1) is 6.10 Å². The van der Waals surface area contributed by atoms with Crippen molar-refractivity contribution in [1.82, 2.24) is 5.32 Å². The Bertz CT molecular complexity index is 823. The molecule has 0 aliphatic heterocycles. The Kier molecular flexibility index (Phi) is 8.81. The van der Waals surface area contributed by atoms with Crippen molar-refractivity contribution in [3.63, 3.8) is 0 Å². The largest absolute Gasteiger partial charge is 0.489 e. The molecular formula is C23H25Cl2NO2. The van der Waals surface area contributed by atoms with Crippen molar-refractivity contribution < 1.29 is 9.84 Å². The topological polar surface area (TPSA) is 41.5 Å². The number of ether oxygens (including phenoxy) is 1. The summed E-state index contributed by atoms with van der Waals surface area (Å²) >= 11 is 5.89.